The van der Waals surface area contributed by atoms with Crippen LogP contribution in [0.5, 0.6) is 5.75 Å². The van der Waals surface area contributed by atoms with Crippen LogP contribution in [-0.4, -0.2) is 17.2 Å². The molecule has 0 aliphatic heterocycles. The minimum atomic E-state index is -0.690. The molecule has 0 amide bonds. The van der Waals surface area contributed by atoms with E-state index in [9.17, 15) is 9.59 Å². The molecule has 0 spiro atoms. The molecule has 5 nitrogen and oxygen atoms in total. The van der Waals surface area contributed by atoms with Crippen molar-refractivity contribution in [1.82, 2.24) is 0 Å². The molecular formula is C15H14O5. The molecule has 1 N–H and O–H groups in total. The summed E-state index contributed by atoms with van der Waals surface area (Å²) in [6.45, 7) is 4.46. The lowest BCUT2D eigenvalue weighted by atomic mass is 10.1. The van der Waals surface area contributed by atoms with Gasteiger partial charge in [0.2, 0.25) is 0 Å². The smallest absolute Gasteiger partial charge is 0.339 e. The van der Waals surface area contributed by atoms with Gasteiger partial charge in [-0.25, -0.2) is 9.59 Å². The van der Waals surface area contributed by atoms with Crippen LogP contribution in [0.1, 0.15) is 6.92 Å². The van der Waals surface area contributed by atoms with Crippen LogP contribution >= 0.6 is 0 Å². The number of rotatable bonds is 2. The molecule has 0 aromatic heterocycles. The minimum absolute atomic E-state index is 0.440. The fourth-order valence-corrected chi connectivity index (χ4v) is 1.39. The molecule has 0 saturated carbocycles. The minimum Gasteiger partial charge on any atom is -0.423 e. The van der Waals surface area contributed by atoms with E-state index in [0.29, 0.717) is 5.75 Å². The molecule has 0 unspecified atom stereocenters. The lowest BCUT2D eigenvalue weighted by molar-refractivity contribution is -0.231. The summed E-state index contributed by atoms with van der Waals surface area (Å²) in [7, 11) is 0. The van der Waals surface area contributed by atoms with Crippen molar-refractivity contribution < 1.29 is 24.5 Å². The molecule has 2 aromatic carbocycles. The van der Waals surface area contributed by atoms with E-state index < -0.39 is 11.9 Å². The van der Waals surface area contributed by atoms with E-state index in [1.807, 2.05) is 36.4 Å². The number of benzene rings is 2. The molecule has 2 aromatic rings. The second-order valence-corrected chi connectivity index (χ2v) is 3.72. The van der Waals surface area contributed by atoms with Crippen LogP contribution in [0, 0.1) is 0 Å². The zero-order valence-electron chi connectivity index (χ0n) is 10.9. The van der Waals surface area contributed by atoms with E-state index in [0.717, 1.165) is 23.8 Å². The highest BCUT2D eigenvalue weighted by Gasteiger charge is 2.00. The summed E-state index contributed by atoms with van der Waals surface area (Å²) in [6, 6.07) is 13.4. The van der Waals surface area contributed by atoms with E-state index >= 15 is 0 Å². The Morgan fingerprint density at radius 1 is 1.15 bits per heavy atom. The normalized spacial score (nSPS) is 9.10. The van der Waals surface area contributed by atoms with Gasteiger partial charge in [0.05, 0.1) is 0 Å². The van der Waals surface area contributed by atoms with Crippen LogP contribution in [0.25, 0.3) is 10.8 Å². The van der Waals surface area contributed by atoms with Gasteiger partial charge in [-0.3, -0.25) is 0 Å². The molecule has 0 aliphatic rings. The van der Waals surface area contributed by atoms with E-state index in [1.54, 1.807) is 6.07 Å². The summed E-state index contributed by atoms with van der Waals surface area (Å²) >= 11 is 0. The topological polar surface area (TPSA) is 72.8 Å². The summed E-state index contributed by atoms with van der Waals surface area (Å²) in [5, 5.41) is 9.46. The molecule has 0 atom stereocenters. The molecule has 0 radical (unpaired) electrons. The third kappa shape index (κ3) is 4.91. The summed E-state index contributed by atoms with van der Waals surface area (Å²) in [5.41, 5.74) is 0. The summed E-state index contributed by atoms with van der Waals surface area (Å²) < 4.78 is 5.01. The second kappa shape index (κ2) is 7.70. The first-order chi connectivity index (χ1) is 9.56. The maximum Gasteiger partial charge on any atom is 0.339 e. The van der Waals surface area contributed by atoms with Crippen molar-refractivity contribution in [2.75, 3.05) is 0 Å². The van der Waals surface area contributed by atoms with Crippen molar-refractivity contribution in [2.24, 2.45) is 0 Å². The lowest BCUT2D eigenvalue weighted by Gasteiger charge is -2.02. The summed E-state index contributed by atoms with van der Waals surface area (Å²) in [6.07, 6.45) is 1.15. The Labute approximate surface area is 116 Å². The average Bonchev–Trinajstić information content (AvgIpc) is 2.47. The van der Waals surface area contributed by atoms with Crippen molar-refractivity contribution in [2.45, 2.75) is 6.92 Å². The zero-order chi connectivity index (χ0) is 15.0. The predicted molar refractivity (Wildman–Crippen MR) is 74.2 cm³/mol. The van der Waals surface area contributed by atoms with Crippen LogP contribution in [0.4, 0.5) is 0 Å². The van der Waals surface area contributed by atoms with Gasteiger partial charge in [0.25, 0.3) is 0 Å². The molecule has 5 heteroatoms. The number of ether oxygens (including phenoxy) is 1. The molecule has 2 rings (SSSR count). The quantitative estimate of drug-likeness (QED) is 0.300. The van der Waals surface area contributed by atoms with Crippen molar-refractivity contribution >= 4 is 22.7 Å². The first-order valence-corrected chi connectivity index (χ1v) is 5.72. The van der Waals surface area contributed by atoms with Crippen LogP contribution in [0.2, 0.25) is 0 Å². The van der Waals surface area contributed by atoms with Crippen LogP contribution in [-0.2, 0) is 14.5 Å². The Balaban J connectivity index is 0.000000347. The standard InChI is InChI=1S/C13H10O2.C2H4O3/c1-2-13(14)15-12-8-7-10-5-3-4-6-11(10)9-12;1-2(3)5-4/h2-9H,1H2;4H,1H3. The van der Waals surface area contributed by atoms with E-state index in [4.69, 9.17) is 9.99 Å². The van der Waals surface area contributed by atoms with Crippen molar-refractivity contribution in [3.63, 3.8) is 0 Å². The van der Waals surface area contributed by atoms with Crippen molar-refractivity contribution in [3.05, 3.63) is 55.1 Å². The number of esters is 1. The van der Waals surface area contributed by atoms with Crippen molar-refractivity contribution in [3.8, 4) is 5.75 Å². The van der Waals surface area contributed by atoms with E-state index in [-0.39, 0.29) is 0 Å². The van der Waals surface area contributed by atoms with Crippen molar-refractivity contribution in [1.29, 1.82) is 0 Å². The predicted octanol–water partition coefficient (Wildman–Crippen LogP) is 2.95. The number of hydrogen-bond donors (Lipinski definition) is 1. The van der Waals surface area contributed by atoms with Gasteiger partial charge in [0.1, 0.15) is 5.75 Å². The van der Waals surface area contributed by atoms with Gasteiger partial charge in [0, 0.05) is 13.0 Å². The third-order valence-corrected chi connectivity index (χ3v) is 2.23. The summed E-state index contributed by atoms with van der Waals surface area (Å²) in [5.74, 6) is -0.589. The Bertz CT molecular complexity index is 618. The SMILES string of the molecule is C=CC(=O)Oc1ccc2ccccc2c1.CC(=O)OO. The number of fused-ring (bicyclic) bond motifs is 1. The van der Waals surface area contributed by atoms with Gasteiger partial charge in [-0.2, -0.15) is 5.26 Å². The number of carbonyl (C=O) groups is 2. The average molecular weight is 274 g/mol. The fourth-order valence-electron chi connectivity index (χ4n) is 1.39. The highest BCUT2D eigenvalue weighted by molar-refractivity contribution is 5.87. The van der Waals surface area contributed by atoms with E-state index in [1.165, 1.54) is 0 Å². The highest BCUT2D eigenvalue weighted by Crippen LogP contribution is 2.20. The Hall–Kier alpha value is -2.66. The Morgan fingerprint density at radius 3 is 2.30 bits per heavy atom. The maximum absolute atomic E-state index is 11.0. The number of hydrogen-bond acceptors (Lipinski definition) is 5. The van der Waals surface area contributed by atoms with Crippen LogP contribution < -0.4 is 4.74 Å². The summed E-state index contributed by atoms with van der Waals surface area (Å²) in [4.78, 5) is 23.4. The molecule has 0 fully saturated rings. The van der Waals surface area contributed by atoms with Gasteiger partial charge < -0.3 is 9.62 Å². The molecule has 20 heavy (non-hydrogen) atoms. The molecule has 0 heterocycles. The maximum atomic E-state index is 11.0. The fraction of sp³-hybridized carbons (Fsp3) is 0.0667. The van der Waals surface area contributed by atoms with Crippen LogP contribution in [0.3, 0.4) is 0 Å². The molecule has 0 bridgehead atoms. The van der Waals surface area contributed by atoms with Gasteiger partial charge in [0.15, 0.2) is 0 Å². The monoisotopic (exact) mass is 274 g/mol. The molecule has 0 saturated heterocycles. The first kappa shape index (κ1) is 15.4. The third-order valence-electron chi connectivity index (χ3n) is 2.23. The lowest BCUT2D eigenvalue weighted by Crippen LogP contribution is -2.02. The van der Waals surface area contributed by atoms with Gasteiger partial charge in [-0.1, -0.05) is 36.9 Å². The molecule has 0 aliphatic carbocycles. The van der Waals surface area contributed by atoms with Gasteiger partial charge in [-0.15, -0.1) is 0 Å². The zero-order valence-corrected chi connectivity index (χ0v) is 10.9. The highest BCUT2D eigenvalue weighted by atomic mass is 17.1. The molecule has 104 valence electrons. The molecular weight excluding hydrogens is 260 g/mol. The second-order valence-electron chi connectivity index (χ2n) is 3.72. The van der Waals surface area contributed by atoms with E-state index in [2.05, 4.69) is 11.5 Å². The largest absolute Gasteiger partial charge is 0.423 e. The van der Waals surface area contributed by atoms with Gasteiger partial charge in [-0.05, 0) is 22.9 Å². The van der Waals surface area contributed by atoms with Gasteiger partial charge >= 0.3 is 11.9 Å². The number of carbonyl (C=O) groups excluding carboxylic acids is 2. The Kier molecular flexibility index (Phi) is 5.93. The Morgan fingerprint density at radius 2 is 1.75 bits per heavy atom. The van der Waals surface area contributed by atoms with Crippen LogP contribution in [0.15, 0.2) is 55.1 Å². The first-order valence-electron chi connectivity index (χ1n) is 5.72.